The van der Waals surface area contributed by atoms with E-state index in [1.54, 1.807) is 18.2 Å². The maximum atomic E-state index is 14.7. The van der Waals surface area contributed by atoms with Crippen LogP contribution < -0.4 is 4.74 Å². The molecule has 0 atom stereocenters. The molecule has 0 radical (unpaired) electrons. The summed E-state index contributed by atoms with van der Waals surface area (Å²) < 4.78 is 75.9. The first-order chi connectivity index (χ1) is 14.7. The van der Waals surface area contributed by atoms with E-state index in [1.807, 2.05) is 0 Å². The average Bonchev–Trinajstić information content (AvgIpc) is 3.17. The minimum absolute atomic E-state index is 0.156. The zero-order chi connectivity index (χ0) is 22.1. The van der Waals surface area contributed by atoms with E-state index in [4.69, 9.17) is 4.74 Å². The largest absolute Gasteiger partial charge is 0.573 e. The smallest absolute Gasteiger partial charge is 0.406 e. The van der Waals surface area contributed by atoms with E-state index in [0.29, 0.717) is 16.7 Å². The molecular weight excluding hydrogens is 423 g/mol. The Hall–Kier alpha value is -3.60. The van der Waals surface area contributed by atoms with Gasteiger partial charge in [-0.2, -0.15) is 8.78 Å². The third kappa shape index (κ3) is 4.77. The van der Waals surface area contributed by atoms with Gasteiger partial charge in [-0.05, 0) is 53.1 Å². The van der Waals surface area contributed by atoms with Crippen LogP contribution in [0.15, 0.2) is 67.1 Å². The van der Waals surface area contributed by atoms with E-state index < -0.39 is 24.0 Å². The molecular formula is C20H13F5N4O2. The van der Waals surface area contributed by atoms with Crippen molar-refractivity contribution in [3.63, 3.8) is 0 Å². The molecule has 3 aromatic heterocycles. The first-order valence-corrected chi connectivity index (χ1v) is 8.83. The summed E-state index contributed by atoms with van der Waals surface area (Å²) in [6, 6.07) is 11.2. The summed E-state index contributed by atoms with van der Waals surface area (Å²) >= 11 is 0. The molecule has 0 amide bonds. The number of benzene rings is 1. The first-order valence-electron chi connectivity index (χ1n) is 8.83. The predicted octanol–water partition coefficient (Wildman–Crippen LogP) is 4.96. The monoisotopic (exact) mass is 436 g/mol. The van der Waals surface area contributed by atoms with Crippen LogP contribution in [-0.4, -0.2) is 25.9 Å². The Morgan fingerprint density at radius 2 is 1.48 bits per heavy atom. The van der Waals surface area contributed by atoms with E-state index >= 15 is 0 Å². The van der Waals surface area contributed by atoms with Gasteiger partial charge in [-0.3, -0.25) is 9.38 Å². The van der Waals surface area contributed by atoms with E-state index in [2.05, 4.69) is 19.9 Å². The minimum atomic E-state index is -4.81. The summed E-state index contributed by atoms with van der Waals surface area (Å²) in [5.41, 5.74) is 1.60. The molecule has 31 heavy (non-hydrogen) atoms. The highest BCUT2D eigenvalue weighted by Crippen LogP contribution is 2.31. The fourth-order valence-corrected chi connectivity index (χ4v) is 2.83. The molecule has 0 bridgehead atoms. The van der Waals surface area contributed by atoms with Gasteiger partial charge in [-0.25, -0.2) is 0 Å². The SMILES string of the molecule is FC(F)(F)Oc1ccc(-c2ccc3nnc(C(F)(F)OCc4ccncc4)n3c2)cc1. The lowest BCUT2D eigenvalue weighted by Gasteiger charge is -2.15. The summed E-state index contributed by atoms with van der Waals surface area (Å²) in [5.74, 6) is -1.12. The molecule has 0 spiro atoms. The van der Waals surface area contributed by atoms with Gasteiger partial charge in [0, 0.05) is 18.6 Å². The van der Waals surface area contributed by atoms with Gasteiger partial charge < -0.3 is 9.47 Å². The quantitative estimate of drug-likeness (QED) is 0.400. The van der Waals surface area contributed by atoms with Crippen LogP contribution in [0.5, 0.6) is 5.75 Å². The number of nitrogens with zero attached hydrogens (tertiary/aromatic N) is 4. The number of rotatable bonds is 6. The van der Waals surface area contributed by atoms with E-state index in [9.17, 15) is 22.0 Å². The number of aromatic nitrogens is 4. The number of halogens is 5. The van der Waals surface area contributed by atoms with Crippen LogP contribution in [0.25, 0.3) is 16.8 Å². The number of alkyl halides is 5. The molecule has 0 saturated heterocycles. The molecule has 4 rings (SSSR count). The standard InChI is InChI=1S/C20H13F5N4O2/c21-19(22,30-12-13-7-9-26-10-8-13)18-28-27-17-6-3-15(11-29(17)18)14-1-4-16(5-2-14)31-20(23,24)25/h1-11H,12H2. The molecule has 0 aliphatic rings. The number of hydrogen-bond donors (Lipinski definition) is 0. The van der Waals surface area contributed by atoms with Gasteiger partial charge >= 0.3 is 12.5 Å². The molecule has 1 aromatic carbocycles. The zero-order valence-corrected chi connectivity index (χ0v) is 15.6. The molecule has 4 aromatic rings. The van der Waals surface area contributed by atoms with E-state index in [-0.39, 0.29) is 12.3 Å². The molecule has 0 aliphatic heterocycles. The van der Waals surface area contributed by atoms with Crippen molar-refractivity contribution in [1.82, 2.24) is 19.6 Å². The maximum absolute atomic E-state index is 14.7. The summed E-state index contributed by atoms with van der Waals surface area (Å²) in [7, 11) is 0. The van der Waals surface area contributed by atoms with Crippen molar-refractivity contribution in [3.05, 3.63) is 78.5 Å². The molecule has 0 aliphatic carbocycles. The molecule has 0 unspecified atom stereocenters. The van der Waals surface area contributed by atoms with Crippen molar-refractivity contribution in [2.75, 3.05) is 0 Å². The highest BCUT2D eigenvalue weighted by molar-refractivity contribution is 5.65. The Labute approximate surface area is 171 Å². The average molecular weight is 436 g/mol. The van der Waals surface area contributed by atoms with Crippen molar-refractivity contribution >= 4 is 5.65 Å². The van der Waals surface area contributed by atoms with Gasteiger partial charge in [-0.1, -0.05) is 12.1 Å². The van der Waals surface area contributed by atoms with Crippen LogP contribution in [0.4, 0.5) is 22.0 Å². The zero-order valence-electron chi connectivity index (χ0n) is 15.6. The van der Waals surface area contributed by atoms with Crippen LogP contribution in [0, 0.1) is 0 Å². The highest BCUT2D eigenvalue weighted by Gasteiger charge is 2.39. The number of ether oxygens (including phenoxy) is 2. The molecule has 6 nitrogen and oxygen atoms in total. The Kier molecular flexibility index (Phi) is 5.27. The lowest BCUT2D eigenvalue weighted by Crippen LogP contribution is -2.21. The molecule has 3 heterocycles. The van der Waals surface area contributed by atoms with Gasteiger partial charge in [0.05, 0.1) is 6.61 Å². The summed E-state index contributed by atoms with van der Waals surface area (Å²) in [6.07, 6.45) is -4.28. The number of hydrogen-bond acceptors (Lipinski definition) is 5. The van der Waals surface area contributed by atoms with Gasteiger partial charge in [0.25, 0.3) is 0 Å². The third-order valence-corrected chi connectivity index (χ3v) is 4.25. The topological polar surface area (TPSA) is 61.5 Å². The van der Waals surface area contributed by atoms with Crippen molar-refractivity contribution in [1.29, 1.82) is 0 Å². The Morgan fingerprint density at radius 1 is 0.806 bits per heavy atom. The summed E-state index contributed by atoms with van der Waals surface area (Å²) in [6.45, 7) is -0.370. The Bertz CT molecular complexity index is 1180. The Morgan fingerprint density at radius 3 is 2.16 bits per heavy atom. The van der Waals surface area contributed by atoms with Gasteiger partial charge in [0.15, 0.2) is 5.65 Å². The summed E-state index contributed by atoms with van der Waals surface area (Å²) in [4.78, 5) is 3.81. The second-order valence-electron chi connectivity index (χ2n) is 6.40. The first kappa shape index (κ1) is 20.7. The molecule has 0 saturated carbocycles. The fourth-order valence-electron chi connectivity index (χ4n) is 2.83. The van der Waals surface area contributed by atoms with Gasteiger partial charge in [0.1, 0.15) is 5.75 Å². The van der Waals surface area contributed by atoms with Crippen LogP contribution in [0.3, 0.4) is 0 Å². The van der Waals surface area contributed by atoms with Crippen LogP contribution in [0.1, 0.15) is 11.4 Å². The molecule has 0 N–H and O–H groups in total. The van der Waals surface area contributed by atoms with E-state index in [1.165, 1.54) is 36.8 Å². The molecule has 11 heteroatoms. The van der Waals surface area contributed by atoms with Crippen molar-refractivity contribution < 1.29 is 31.4 Å². The number of fused-ring (bicyclic) bond motifs is 1. The highest BCUT2D eigenvalue weighted by atomic mass is 19.4. The molecule has 0 fully saturated rings. The number of pyridine rings is 2. The third-order valence-electron chi connectivity index (χ3n) is 4.25. The van der Waals surface area contributed by atoms with Gasteiger partial charge in [0.2, 0.25) is 5.82 Å². The van der Waals surface area contributed by atoms with Crippen LogP contribution >= 0.6 is 0 Å². The van der Waals surface area contributed by atoms with E-state index in [0.717, 1.165) is 16.5 Å². The second kappa shape index (κ2) is 7.91. The van der Waals surface area contributed by atoms with Crippen molar-refractivity contribution in [3.8, 4) is 16.9 Å². The van der Waals surface area contributed by atoms with Crippen molar-refractivity contribution in [2.45, 2.75) is 19.1 Å². The molecule has 160 valence electrons. The van der Waals surface area contributed by atoms with Crippen molar-refractivity contribution in [2.24, 2.45) is 0 Å². The lowest BCUT2D eigenvalue weighted by atomic mass is 10.1. The Balaban J connectivity index is 1.60. The minimum Gasteiger partial charge on any atom is -0.406 e. The maximum Gasteiger partial charge on any atom is 0.573 e. The predicted molar refractivity (Wildman–Crippen MR) is 98.0 cm³/mol. The lowest BCUT2D eigenvalue weighted by molar-refractivity contribution is -0.274. The van der Waals surface area contributed by atoms with Gasteiger partial charge in [-0.15, -0.1) is 23.4 Å². The van der Waals surface area contributed by atoms with Crippen LogP contribution in [-0.2, 0) is 17.5 Å². The van der Waals surface area contributed by atoms with Crippen LogP contribution in [0.2, 0.25) is 0 Å². The second-order valence-corrected chi connectivity index (χ2v) is 6.40. The normalized spacial score (nSPS) is 12.3. The summed E-state index contributed by atoms with van der Waals surface area (Å²) in [5, 5.41) is 7.28. The fraction of sp³-hybridized carbons (Fsp3) is 0.150.